The number of hydrogen-bond acceptors (Lipinski definition) is 7. The van der Waals surface area contributed by atoms with E-state index in [2.05, 4.69) is 0 Å². The van der Waals surface area contributed by atoms with Crippen molar-refractivity contribution in [2.45, 2.75) is 6.54 Å². The third-order valence-corrected chi connectivity index (χ3v) is 5.80. The Labute approximate surface area is 179 Å². The number of imide groups is 1. The van der Waals surface area contributed by atoms with Crippen LogP contribution in [0.4, 0.5) is 4.79 Å². The Morgan fingerprint density at radius 1 is 1.21 bits per heavy atom. The van der Waals surface area contributed by atoms with Gasteiger partial charge < -0.3 is 19.3 Å². The minimum absolute atomic E-state index is 0.0255. The SMILES string of the molecule is COc1cc(Cl)cc(/C=C2\SC(=O)N(Cc3cc4c(cc3Cl)OCO4)C2=O)c1O. The van der Waals surface area contributed by atoms with E-state index in [-0.39, 0.29) is 35.3 Å². The quantitative estimate of drug-likeness (QED) is 0.672. The fourth-order valence-electron chi connectivity index (χ4n) is 2.89. The Morgan fingerprint density at radius 2 is 1.93 bits per heavy atom. The van der Waals surface area contributed by atoms with Crippen molar-refractivity contribution < 1.29 is 28.9 Å². The number of ether oxygens (including phenoxy) is 3. The van der Waals surface area contributed by atoms with Gasteiger partial charge in [-0.15, -0.1) is 0 Å². The molecule has 1 N–H and O–H groups in total. The van der Waals surface area contributed by atoms with Gasteiger partial charge in [-0.05, 0) is 35.5 Å². The summed E-state index contributed by atoms with van der Waals surface area (Å²) in [5.41, 5.74) is 0.813. The van der Waals surface area contributed by atoms with Gasteiger partial charge in [-0.3, -0.25) is 14.5 Å². The minimum atomic E-state index is -0.507. The number of phenolic OH excluding ortho intramolecular Hbond substituents is 1. The molecule has 2 aromatic rings. The molecule has 0 bridgehead atoms. The lowest BCUT2D eigenvalue weighted by atomic mass is 10.1. The molecule has 0 radical (unpaired) electrons. The van der Waals surface area contributed by atoms with Gasteiger partial charge in [0.2, 0.25) is 6.79 Å². The fraction of sp³-hybridized carbons (Fsp3) is 0.158. The molecule has 0 spiro atoms. The summed E-state index contributed by atoms with van der Waals surface area (Å²) < 4.78 is 15.6. The molecular weight excluding hydrogens is 441 g/mol. The second-order valence-corrected chi connectivity index (χ2v) is 7.95. The molecule has 2 amide bonds. The van der Waals surface area contributed by atoms with Gasteiger partial charge in [-0.1, -0.05) is 23.2 Å². The predicted molar refractivity (Wildman–Crippen MR) is 109 cm³/mol. The summed E-state index contributed by atoms with van der Waals surface area (Å²) in [6, 6.07) is 6.15. The molecule has 10 heteroatoms. The van der Waals surface area contributed by atoms with Gasteiger partial charge in [0.05, 0.1) is 18.6 Å². The largest absolute Gasteiger partial charge is 0.504 e. The fourth-order valence-corrected chi connectivity index (χ4v) is 4.15. The summed E-state index contributed by atoms with van der Waals surface area (Å²) in [5.74, 6) is 0.491. The van der Waals surface area contributed by atoms with Crippen LogP contribution >= 0.6 is 35.0 Å². The molecule has 7 nitrogen and oxygen atoms in total. The average Bonchev–Trinajstić information content (AvgIpc) is 3.23. The number of methoxy groups -OCH3 is 1. The summed E-state index contributed by atoms with van der Waals surface area (Å²) in [4.78, 5) is 26.4. The van der Waals surface area contributed by atoms with Crippen LogP contribution in [-0.4, -0.2) is 35.1 Å². The number of thioether (sulfide) groups is 1. The summed E-state index contributed by atoms with van der Waals surface area (Å²) in [7, 11) is 1.39. The molecule has 2 aliphatic rings. The van der Waals surface area contributed by atoms with Crippen LogP contribution in [0, 0.1) is 0 Å². The molecule has 1 saturated heterocycles. The number of halogens is 2. The van der Waals surface area contributed by atoms with Crippen LogP contribution < -0.4 is 14.2 Å². The maximum atomic E-state index is 12.8. The van der Waals surface area contributed by atoms with Crippen molar-refractivity contribution in [3.8, 4) is 23.0 Å². The molecule has 2 heterocycles. The van der Waals surface area contributed by atoms with Crippen LogP contribution in [0.5, 0.6) is 23.0 Å². The number of nitrogens with zero attached hydrogens (tertiary/aromatic N) is 1. The number of phenols is 1. The highest BCUT2D eigenvalue weighted by Gasteiger charge is 2.36. The first kappa shape index (κ1) is 19.8. The van der Waals surface area contributed by atoms with Crippen LogP contribution in [0.15, 0.2) is 29.2 Å². The zero-order valence-corrected chi connectivity index (χ0v) is 17.2. The summed E-state index contributed by atoms with van der Waals surface area (Å²) in [5, 5.41) is 10.5. The van der Waals surface area contributed by atoms with Gasteiger partial charge >= 0.3 is 0 Å². The van der Waals surface area contributed by atoms with E-state index in [0.29, 0.717) is 27.1 Å². The van der Waals surface area contributed by atoms with Crippen molar-refractivity contribution in [3.63, 3.8) is 0 Å². The lowest BCUT2D eigenvalue weighted by Gasteiger charge is -2.14. The first-order valence-corrected chi connectivity index (χ1v) is 9.84. The predicted octanol–water partition coefficient (Wildman–Crippen LogP) is 4.67. The maximum Gasteiger partial charge on any atom is 0.293 e. The highest BCUT2D eigenvalue weighted by atomic mass is 35.5. The topological polar surface area (TPSA) is 85.3 Å². The van der Waals surface area contributed by atoms with E-state index in [1.54, 1.807) is 12.1 Å². The van der Waals surface area contributed by atoms with Crippen LogP contribution in [-0.2, 0) is 11.3 Å². The van der Waals surface area contributed by atoms with Crippen molar-refractivity contribution in [2.75, 3.05) is 13.9 Å². The van der Waals surface area contributed by atoms with Crippen molar-refractivity contribution in [2.24, 2.45) is 0 Å². The monoisotopic (exact) mass is 453 g/mol. The number of hydrogen-bond donors (Lipinski definition) is 1. The third-order valence-electron chi connectivity index (χ3n) is 4.32. The molecule has 2 aliphatic heterocycles. The number of amides is 2. The lowest BCUT2D eigenvalue weighted by molar-refractivity contribution is -0.123. The Morgan fingerprint density at radius 3 is 2.66 bits per heavy atom. The number of rotatable bonds is 4. The lowest BCUT2D eigenvalue weighted by Crippen LogP contribution is -2.27. The summed E-state index contributed by atoms with van der Waals surface area (Å²) in [6.45, 7) is 0.0638. The summed E-state index contributed by atoms with van der Waals surface area (Å²) in [6.07, 6.45) is 1.40. The van der Waals surface area contributed by atoms with Crippen molar-refractivity contribution in [3.05, 3.63) is 50.3 Å². The molecule has 29 heavy (non-hydrogen) atoms. The van der Waals surface area contributed by atoms with Gasteiger partial charge in [-0.25, -0.2) is 0 Å². The normalized spacial score (nSPS) is 16.8. The summed E-state index contributed by atoms with van der Waals surface area (Å²) >= 11 is 13.0. The van der Waals surface area contributed by atoms with Crippen LogP contribution in [0.3, 0.4) is 0 Å². The van der Waals surface area contributed by atoms with E-state index in [1.165, 1.54) is 25.3 Å². The molecule has 4 rings (SSSR count). The first-order valence-electron chi connectivity index (χ1n) is 8.27. The molecule has 0 aromatic heterocycles. The van der Waals surface area contributed by atoms with Gasteiger partial charge in [-0.2, -0.15) is 0 Å². The van der Waals surface area contributed by atoms with E-state index >= 15 is 0 Å². The second-order valence-electron chi connectivity index (χ2n) is 6.11. The van der Waals surface area contributed by atoms with Crippen LogP contribution in [0.1, 0.15) is 11.1 Å². The van der Waals surface area contributed by atoms with Crippen molar-refractivity contribution in [1.29, 1.82) is 0 Å². The van der Waals surface area contributed by atoms with E-state index in [0.717, 1.165) is 16.7 Å². The molecule has 0 unspecified atom stereocenters. The molecular formula is C19H13Cl2NO6S. The Bertz CT molecular complexity index is 1070. The van der Waals surface area contributed by atoms with E-state index in [9.17, 15) is 14.7 Å². The molecule has 1 fully saturated rings. The van der Waals surface area contributed by atoms with E-state index in [1.807, 2.05) is 0 Å². The molecule has 0 atom stereocenters. The standard InChI is InChI=1S/C19H13Cl2NO6S/c1-26-15-5-11(20)2-9(17(15)23)4-16-18(24)22(19(25)29-16)7-10-3-13-14(6-12(10)21)28-8-27-13/h2-6,23H,7-8H2,1H3/b16-4-. The van der Waals surface area contributed by atoms with Gasteiger partial charge in [0, 0.05) is 27.7 Å². The zero-order chi connectivity index (χ0) is 20.7. The van der Waals surface area contributed by atoms with E-state index < -0.39 is 11.1 Å². The minimum Gasteiger partial charge on any atom is -0.504 e. The van der Waals surface area contributed by atoms with Gasteiger partial charge in [0.25, 0.3) is 11.1 Å². The number of fused-ring (bicyclic) bond motifs is 1. The molecule has 0 aliphatic carbocycles. The Hall–Kier alpha value is -2.55. The highest BCUT2D eigenvalue weighted by Crippen LogP contribution is 2.41. The van der Waals surface area contributed by atoms with Crippen LogP contribution in [0.2, 0.25) is 10.0 Å². The smallest absolute Gasteiger partial charge is 0.293 e. The number of carbonyl (C=O) groups excluding carboxylic acids is 2. The van der Waals surface area contributed by atoms with Crippen molar-refractivity contribution in [1.82, 2.24) is 4.90 Å². The van der Waals surface area contributed by atoms with E-state index in [4.69, 9.17) is 37.4 Å². The van der Waals surface area contributed by atoms with Crippen LogP contribution in [0.25, 0.3) is 6.08 Å². The van der Waals surface area contributed by atoms with Gasteiger partial charge in [0.1, 0.15) is 0 Å². The average molecular weight is 454 g/mol. The molecule has 0 saturated carbocycles. The van der Waals surface area contributed by atoms with Crippen molar-refractivity contribution >= 4 is 52.2 Å². The number of benzene rings is 2. The Balaban J connectivity index is 1.62. The first-order chi connectivity index (χ1) is 13.9. The highest BCUT2D eigenvalue weighted by molar-refractivity contribution is 8.18. The number of carbonyl (C=O) groups is 2. The molecule has 2 aromatic carbocycles. The Kier molecular flexibility index (Phi) is 5.24. The maximum absolute atomic E-state index is 12.8. The zero-order valence-electron chi connectivity index (χ0n) is 14.9. The van der Waals surface area contributed by atoms with Gasteiger partial charge in [0.15, 0.2) is 23.0 Å². The third kappa shape index (κ3) is 3.71. The molecule has 150 valence electrons. The number of aromatic hydroxyl groups is 1. The second kappa shape index (κ2) is 7.70.